The number of anilines is 1. The number of nitrogens with one attached hydrogen (secondary N) is 1. The molecule has 1 aromatic carbocycles. The third kappa shape index (κ3) is 4.79. The molecule has 0 aliphatic heterocycles. The van der Waals surface area contributed by atoms with Gasteiger partial charge in [0.1, 0.15) is 12.2 Å². The van der Waals surface area contributed by atoms with Crippen LogP contribution in [0.2, 0.25) is 0 Å². The quantitative estimate of drug-likeness (QED) is 0.555. The van der Waals surface area contributed by atoms with Gasteiger partial charge in [-0.25, -0.2) is 13.6 Å². The van der Waals surface area contributed by atoms with E-state index in [1.54, 1.807) is 29.1 Å². The van der Waals surface area contributed by atoms with E-state index in [0.29, 0.717) is 23.5 Å². The number of carbonyl (C=O) groups is 2. The molecule has 1 aliphatic rings. The number of esters is 1. The molecule has 2 aromatic heterocycles. The Balaban J connectivity index is 1.42. The molecule has 0 spiro atoms. The fourth-order valence-corrected chi connectivity index (χ4v) is 3.39. The van der Waals surface area contributed by atoms with Crippen LogP contribution >= 0.6 is 0 Å². The first-order valence-corrected chi connectivity index (χ1v) is 9.79. The topological polar surface area (TPSA) is 91.0 Å². The summed E-state index contributed by atoms with van der Waals surface area (Å²) in [5.74, 6) is -0.643. The summed E-state index contributed by atoms with van der Waals surface area (Å²) in [5, 5.41) is 10.8. The first kappa shape index (κ1) is 20.7. The number of nitrogens with zero attached hydrogens (tertiary/aromatic N) is 4. The lowest BCUT2D eigenvalue weighted by Gasteiger charge is -2.08. The van der Waals surface area contributed by atoms with E-state index in [2.05, 4.69) is 15.5 Å². The van der Waals surface area contributed by atoms with E-state index in [-0.39, 0.29) is 24.1 Å². The minimum Gasteiger partial charge on any atom is -0.465 e. The maximum atomic E-state index is 13.0. The lowest BCUT2D eigenvalue weighted by atomic mass is 10.1. The molecule has 0 bridgehead atoms. The van der Waals surface area contributed by atoms with E-state index in [1.807, 2.05) is 6.07 Å². The number of methoxy groups -OCH3 is 1. The average Bonchev–Trinajstić information content (AvgIpc) is 3.37. The molecular formula is C21H21F2N5O3. The fraction of sp³-hybridized carbons (Fsp3) is 0.333. The summed E-state index contributed by atoms with van der Waals surface area (Å²) < 4.78 is 33.7. The summed E-state index contributed by atoms with van der Waals surface area (Å²) in [6, 6.07) is 8.40. The molecule has 1 aliphatic carbocycles. The highest BCUT2D eigenvalue weighted by Crippen LogP contribution is 2.41. The van der Waals surface area contributed by atoms with Crippen LogP contribution in [-0.4, -0.2) is 38.5 Å². The maximum absolute atomic E-state index is 13.0. The molecule has 0 atom stereocenters. The number of ether oxygens (including phenoxy) is 1. The number of rotatable bonds is 8. The second-order valence-electron chi connectivity index (χ2n) is 7.35. The Labute approximate surface area is 176 Å². The number of alkyl halides is 2. The van der Waals surface area contributed by atoms with Crippen molar-refractivity contribution in [1.29, 1.82) is 0 Å². The van der Waals surface area contributed by atoms with Crippen LogP contribution < -0.4 is 5.32 Å². The zero-order chi connectivity index (χ0) is 22.0. The number of amides is 1. The van der Waals surface area contributed by atoms with Crippen LogP contribution in [0.1, 0.15) is 52.5 Å². The van der Waals surface area contributed by atoms with Gasteiger partial charge < -0.3 is 10.1 Å². The van der Waals surface area contributed by atoms with Gasteiger partial charge in [0, 0.05) is 17.8 Å². The molecule has 31 heavy (non-hydrogen) atoms. The van der Waals surface area contributed by atoms with Crippen molar-refractivity contribution >= 4 is 17.6 Å². The maximum Gasteiger partial charge on any atom is 0.338 e. The van der Waals surface area contributed by atoms with Crippen molar-refractivity contribution in [3.63, 3.8) is 0 Å². The van der Waals surface area contributed by atoms with Gasteiger partial charge in [0.25, 0.3) is 6.43 Å². The highest BCUT2D eigenvalue weighted by atomic mass is 19.3. The Morgan fingerprint density at radius 3 is 2.77 bits per heavy atom. The Bertz CT molecular complexity index is 1100. The minimum atomic E-state index is -2.67. The van der Waals surface area contributed by atoms with Crippen LogP contribution in [0.5, 0.6) is 0 Å². The van der Waals surface area contributed by atoms with E-state index in [0.717, 1.165) is 18.4 Å². The van der Waals surface area contributed by atoms with Gasteiger partial charge in [0.05, 0.1) is 31.1 Å². The minimum absolute atomic E-state index is 0.158. The van der Waals surface area contributed by atoms with Gasteiger partial charge in [-0.2, -0.15) is 10.2 Å². The number of carbonyl (C=O) groups excluding carboxylic acids is 2. The van der Waals surface area contributed by atoms with Crippen molar-refractivity contribution in [2.75, 3.05) is 12.4 Å². The van der Waals surface area contributed by atoms with Gasteiger partial charge in [0.15, 0.2) is 0 Å². The van der Waals surface area contributed by atoms with Crippen molar-refractivity contribution < 1.29 is 23.1 Å². The second-order valence-corrected chi connectivity index (χ2v) is 7.35. The lowest BCUT2D eigenvalue weighted by Crippen LogP contribution is -2.20. The van der Waals surface area contributed by atoms with E-state index in [9.17, 15) is 18.4 Å². The summed E-state index contributed by atoms with van der Waals surface area (Å²) in [5.41, 5.74) is 1.97. The largest absolute Gasteiger partial charge is 0.465 e. The summed E-state index contributed by atoms with van der Waals surface area (Å²) in [7, 11) is 1.32. The molecule has 3 aromatic rings. The second kappa shape index (κ2) is 8.66. The third-order valence-electron chi connectivity index (χ3n) is 5.01. The van der Waals surface area contributed by atoms with Crippen molar-refractivity contribution in [3.8, 4) is 0 Å². The van der Waals surface area contributed by atoms with Crippen LogP contribution in [0, 0.1) is 0 Å². The van der Waals surface area contributed by atoms with E-state index >= 15 is 0 Å². The first-order valence-electron chi connectivity index (χ1n) is 9.79. The number of benzene rings is 1. The summed E-state index contributed by atoms with van der Waals surface area (Å²) in [4.78, 5) is 24.4. The Hall–Kier alpha value is -3.56. The zero-order valence-electron chi connectivity index (χ0n) is 16.8. The molecule has 8 nitrogen and oxygen atoms in total. The molecule has 1 fully saturated rings. The molecule has 2 heterocycles. The van der Waals surface area contributed by atoms with E-state index < -0.39 is 12.4 Å². The standard InChI is InChI=1S/C21H21F2N5O3/c1-31-21(30)16-5-3-2-4-14(16)10-27-11-15(9-24-27)25-19(29)12-28-18(13-6-7-13)8-17(26-28)20(22)23/h2-5,8-9,11,13,20H,6-7,10,12H2,1H3,(H,25,29). The highest BCUT2D eigenvalue weighted by Gasteiger charge is 2.30. The van der Waals surface area contributed by atoms with Crippen molar-refractivity contribution in [2.45, 2.75) is 38.3 Å². The van der Waals surface area contributed by atoms with Crippen LogP contribution in [-0.2, 0) is 22.6 Å². The van der Waals surface area contributed by atoms with Gasteiger partial charge >= 0.3 is 5.97 Å². The fourth-order valence-electron chi connectivity index (χ4n) is 3.39. The van der Waals surface area contributed by atoms with E-state index in [1.165, 1.54) is 24.1 Å². The summed E-state index contributed by atoms with van der Waals surface area (Å²) in [6.45, 7) is 0.152. The lowest BCUT2D eigenvalue weighted by molar-refractivity contribution is -0.117. The molecule has 10 heteroatoms. The van der Waals surface area contributed by atoms with Crippen LogP contribution in [0.25, 0.3) is 0 Å². The monoisotopic (exact) mass is 429 g/mol. The number of hydrogen-bond acceptors (Lipinski definition) is 5. The molecule has 1 amide bonds. The van der Waals surface area contributed by atoms with Gasteiger partial charge in [-0.15, -0.1) is 0 Å². The highest BCUT2D eigenvalue weighted by molar-refractivity contribution is 5.91. The smallest absolute Gasteiger partial charge is 0.338 e. The predicted molar refractivity (Wildman–Crippen MR) is 107 cm³/mol. The van der Waals surface area contributed by atoms with Crippen molar-refractivity contribution in [1.82, 2.24) is 19.6 Å². The van der Waals surface area contributed by atoms with Gasteiger partial charge in [-0.1, -0.05) is 18.2 Å². The SMILES string of the molecule is COC(=O)c1ccccc1Cn1cc(NC(=O)Cn2nc(C(F)F)cc2C2CC2)cn1. The number of hydrogen-bond donors (Lipinski definition) is 1. The Morgan fingerprint density at radius 1 is 1.29 bits per heavy atom. The first-order chi connectivity index (χ1) is 14.9. The van der Waals surface area contributed by atoms with Crippen LogP contribution in [0.4, 0.5) is 14.5 Å². The van der Waals surface area contributed by atoms with Crippen LogP contribution in [0.15, 0.2) is 42.7 Å². The summed E-state index contributed by atoms with van der Waals surface area (Å²) in [6.07, 6.45) is 2.26. The molecule has 4 rings (SSSR count). The molecule has 1 N–H and O–H groups in total. The third-order valence-corrected chi connectivity index (χ3v) is 5.01. The molecular weight excluding hydrogens is 408 g/mol. The van der Waals surface area contributed by atoms with Gasteiger partial charge in [-0.3, -0.25) is 14.2 Å². The Kier molecular flexibility index (Phi) is 5.79. The van der Waals surface area contributed by atoms with Crippen molar-refractivity contribution in [2.24, 2.45) is 0 Å². The van der Waals surface area contributed by atoms with Crippen LogP contribution in [0.3, 0.4) is 0 Å². The average molecular weight is 429 g/mol. The van der Waals surface area contributed by atoms with E-state index in [4.69, 9.17) is 4.74 Å². The molecule has 0 unspecified atom stereocenters. The van der Waals surface area contributed by atoms with Gasteiger partial charge in [0.2, 0.25) is 5.91 Å². The molecule has 0 saturated heterocycles. The number of aromatic nitrogens is 4. The zero-order valence-corrected chi connectivity index (χ0v) is 16.8. The number of halogens is 2. The molecule has 1 saturated carbocycles. The predicted octanol–water partition coefficient (Wildman–Crippen LogP) is 3.37. The van der Waals surface area contributed by atoms with Gasteiger partial charge in [-0.05, 0) is 30.5 Å². The normalized spacial score (nSPS) is 13.4. The summed E-state index contributed by atoms with van der Waals surface area (Å²) >= 11 is 0. The Morgan fingerprint density at radius 2 is 2.06 bits per heavy atom. The molecule has 162 valence electrons. The van der Waals surface area contributed by atoms with Crippen molar-refractivity contribution in [3.05, 3.63) is 65.2 Å². The molecule has 0 radical (unpaired) electrons.